The Balaban J connectivity index is 1.83. The number of carbonyl (C=O) groups is 1. The highest BCUT2D eigenvalue weighted by Gasteiger charge is 2.27. The third-order valence-electron chi connectivity index (χ3n) is 3.65. The quantitative estimate of drug-likeness (QED) is 0.778. The highest BCUT2D eigenvalue weighted by molar-refractivity contribution is 5.94. The fourth-order valence-electron chi connectivity index (χ4n) is 2.74. The molecule has 1 saturated heterocycles. The van der Waals surface area contributed by atoms with E-state index in [4.69, 9.17) is 0 Å². The van der Waals surface area contributed by atoms with Crippen LogP contribution >= 0.6 is 0 Å². The summed E-state index contributed by atoms with van der Waals surface area (Å²) in [7, 11) is 0. The van der Waals surface area contributed by atoms with Crippen LogP contribution in [0.1, 0.15) is 47.4 Å². The van der Waals surface area contributed by atoms with Crippen LogP contribution in [0.25, 0.3) is 0 Å². The molecule has 1 fully saturated rings. The fourth-order valence-corrected chi connectivity index (χ4v) is 2.74. The van der Waals surface area contributed by atoms with Gasteiger partial charge in [0.1, 0.15) is 0 Å². The molecule has 2 heterocycles. The monoisotopic (exact) mass is 219 g/mol. The van der Waals surface area contributed by atoms with E-state index in [0.29, 0.717) is 5.69 Å². The van der Waals surface area contributed by atoms with Crippen LogP contribution in [0, 0.1) is 0 Å². The summed E-state index contributed by atoms with van der Waals surface area (Å²) in [6, 6.07) is 0. The topological polar surface area (TPSA) is 49.0 Å². The molecule has 0 aromatic carbocycles. The van der Waals surface area contributed by atoms with Crippen LogP contribution in [0.2, 0.25) is 0 Å². The summed E-state index contributed by atoms with van der Waals surface area (Å²) in [6.07, 6.45) is 6.75. The number of hydrogen-bond acceptors (Lipinski definition) is 2. The zero-order valence-electron chi connectivity index (χ0n) is 9.46. The van der Waals surface area contributed by atoms with Crippen molar-refractivity contribution < 1.29 is 4.79 Å². The third kappa shape index (κ3) is 1.52. The smallest absolute Gasteiger partial charge is 0.274 e. The van der Waals surface area contributed by atoms with Crippen molar-refractivity contribution >= 4 is 5.91 Å². The van der Waals surface area contributed by atoms with Gasteiger partial charge in [0.15, 0.2) is 5.69 Å². The molecule has 0 unspecified atom stereocenters. The maximum atomic E-state index is 12.3. The van der Waals surface area contributed by atoms with Gasteiger partial charge in [-0.25, -0.2) is 0 Å². The molecule has 4 heteroatoms. The Morgan fingerprint density at radius 1 is 1.12 bits per heavy atom. The Bertz CT molecular complexity index is 404. The minimum absolute atomic E-state index is 0.138. The fraction of sp³-hybridized carbons (Fsp3) is 0.667. The van der Waals surface area contributed by atoms with Crippen LogP contribution in [-0.4, -0.2) is 34.1 Å². The number of fused-ring (bicyclic) bond motifs is 1. The zero-order chi connectivity index (χ0) is 11.0. The van der Waals surface area contributed by atoms with Gasteiger partial charge in [0.05, 0.1) is 0 Å². The van der Waals surface area contributed by atoms with Crippen molar-refractivity contribution in [1.82, 2.24) is 15.1 Å². The largest absolute Gasteiger partial charge is 0.337 e. The molecule has 1 aliphatic heterocycles. The molecule has 2 aliphatic rings. The first-order valence-electron chi connectivity index (χ1n) is 6.21. The SMILES string of the molecule is O=C(c1n[nH]c2c1CCC2)N1CCCCC1. The number of nitrogens with one attached hydrogen (secondary N) is 1. The van der Waals surface area contributed by atoms with E-state index >= 15 is 0 Å². The normalized spacial score (nSPS) is 19.9. The van der Waals surface area contributed by atoms with Gasteiger partial charge in [-0.05, 0) is 38.5 Å². The van der Waals surface area contributed by atoms with Crippen LogP contribution in [0.3, 0.4) is 0 Å². The highest BCUT2D eigenvalue weighted by atomic mass is 16.2. The van der Waals surface area contributed by atoms with Gasteiger partial charge in [0, 0.05) is 24.3 Å². The lowest BCUT2D eigenvalue weighted by Gasteiger charge is -2.26. The van der Waals surface area contributed by atoms with Gasteiger partial charge in [-0.15, -0.1) is 0 Å². The Labute approximate surface area is 95.0 Å². The van der Waals surface area contributed by atoms with Gasteiger partial charge in [-0.1, -0.05) is 0 Å². The molecule has 1 N–H and O–H groups in total. The van der Waals surface area contributed by atoms with E-state index in [-0.39, 0.29) is 5.91 Å². The number of aryl methyl sites for hydroxylation is 1. The number of likely N-dealkylation sites (tertiary alicyclic amines) is 1. The summed E-state index contributed by atoms with van der Waals surface area (Å²) >= 11 is 0. The van der Waals surface area contributed by atoms with Gasteiger partial charge in [-0.3, -0.25) is 9.89 Å². The van der Waals surface area contributed by atoms with Crippen molar-refractivity contribution in [3.05, 3.63) is 17.0 Å². The standard InChI is InChI=1S/C12H17N3O/c16-12(15-7-2-1-3-8-15)11-9-5-4-6-10(9)13-14-11/h1-8H2,(H,13,14). The summed E-state index contributed by atoms with van der Waals surface area (Å²) in [5.41, 5.74) is 3.05. The van der Waals surface area contributed by atoms with Crippen LogP contribution in [0.5, 0.6) is 0 Å². The molecule has 1 aromatic rings. The van der Waals surface area contributed by atoms with E-state index in [1.165, 1.54) is 17.7 Å². The third-order valence-corrected chi connectivity index (χ3v) is 3.65. The summed E-state index contributed by atoms with van der Waals surface area (Å²) in [6.45, 7) is 1.81. The summed E-state index contributed by atoms with van der Waals surface area (Å²) in [4.78, 5) is 14.2. The van der Waals surface area contributed by atoms with Crippen molar-refractivity contribution in [1.29, 1.82) is 0 Å². The number of aromatic amines is 1. The van der Waals surface area contributed by atoms with E-state index in [1.807, 2.05) is 4.90 Å². The van der Waals surface area contributed by atoms with Crippen LogP contribution in [0.4, 0.5) is 0 Å². The molecule has 16 heavy (non-hydrogen) atoms. The zero-order valence-corrected chi connectivity index (χ0v) is 9.46. The predicted octanol–water partition coefficient (Wildman–Crippen LogP) is 1.52. The number of nitrogens with zero attached hydrogens (tertiary/aromatic N) is 2. The number of amides is 1. The first kappa shape index (κ1) is 9.87. The van der Waals surface area contributed by atoms with E-state index < -0.39 is 0 Å². The molecule has 1 aliphatic carbocycles. The van der Waals surface area contributed by atoms with Gasteiger partial charge >= 0.3 is 0 Å². The Morgan fingerprint density at radius 3 is 2.75 bits per heavy atom. The van der Waals surface area contributed by atoms with Crippen LogP contribution in [-0.2, 0) is 12.8 Å². The number of hydrogen-bond donors (Lipinski definition) is 1. The second-order valence-corrected chi connectivity index (χ2v) is 4.74. The van der Waals surface area contributed by atoms with Gasteiger partial charge in [0.25, 0.3) is 5.91 Å². The molecule has 1 amide bonds. The minimum atomic E-state index is 0.138. The molecular weight excluding hydrogens is 202 g/mol. The highest BCUT2D eigenvalue weighted by Crippen LogP contribution is 2.24. The molecule has 0 bridgehead atoms. The second kappa shape index (κ2) is 3.92. The molecular formula is C12H17N3O. The molecule has 4 nitrogen and oxygen atoms in total. The van der Waals surface area contributed by atoms with Gasteiger partial charge < -0.3 is 4.90 Å². The lowest BCUT2D eigenvalue weighted by molar-refractivity contribution is 0.0717. The lowest BCUT2D eigenvalue weighted by atomic mass is 10.1. The molecule has 3 rings (SSSR count). The average molecular weight is 219 g/mol. The second-order valence-electron chi connectivity index (χ2n) is 4.74. The van der Waals surface area contributed by atoms with E-state index in [9.17, 15) is 4.79 Å². The first-order valence-corrected chi connectivity index (χ1v) is 6.21. The minimum Gasteiger partial charge on any atom is -0.337 e. The van der Waals surface area contributed by atoms with Crippen molar-refractivity contribution in [2.24, 2.45) is 0 Å². The molecule has 0 saturated carbocycles. The van der Waals surface area contributed by atoms with Gasteiger partial charge in [0.2, 0.25) is 0 Å². The van der Waals surface area contributed by atoms with Crippen LogP contribution in [0.15, 0.2) is 0 Å². The Morgan fingerprint density at radius 2 is 1.94 bits per heavy atom. The molecule has 0 spiro atoms. The number of piperidine rings is 1. The van der Waals surface area contributed by atoms with Crippen molar-refractivity contribution in [2.45, 2.75) is 38.5 Å². The molecule has 0 atom stereocenters. The van der Waals surface area contributed by atoms with Crippen LogP contribution < -0.4 is 0 Å². The maximum absolute atomic E-state index is 12.3. The molecule has 86 valence electrons. The Kier molecular flexibility index (Phi) is 2.42. The summed E-state index contributed by atoms with van der Waals surface area (Å²) < 4.78 is 0. The summed E-state index contributed by atoms with van der Waals surface area (Å²) in [5.74, 6) is 0.138. The number of carbonyl (C=O) groups excluding carboxylic acids is 1. The van der Waals surface area contributed by atoms with Crippen molar-refractivity contribution in [3.63, 3.8) is 0 Å². The Hall–Kier alpha value is -1.32. The van der Waals surface area contributed by atoms with Gasteiger partial charge in [-0.2, -0.15) is 5.10 Å². The number of aromatic nitrogens is 2. The molecule has 0 radical (unpaired) electrons. The van der Waals surface area contributed by atoms with E-state index in [1.54, 1.807) is 0 Å². The summed E-state index contributed by atoms with van der Waals surface area (Å²) in [5, 5.41) is 7.21. The predicted molar refractivity (Wildman–Crippen MR) is 60.4 cm³/mol. The lowest BCUT2D eigenvalue weighted by Crippen LogP contribution is -2.36. The first-order chi connectivity index (χ1) is 7.86. The average Bonchev–Trinajstić information content (AvgIpc) is 2.91. The molecule has 1 aromatic heterocycles. The van der Waals surface area contributed by atoms with E-state index in [0.717, 1.165) is 45.2 Å². The maximum Gasteiger partial charge on any atom is 0.274 e. The van der Waals surface area contributed by atoms with Crippen molar-refractivity contribution in [3.8, 4) is 0 Å². The number of rotatable bonds is 1. The number of H-pyrrole nitrogens is 1. The van der Waals surface area contributed by atoms with E-state index in [2.05, 4.69) is 10.2 Å². The van der Waals surface area contributed by atoms with Crippen molar-refractivity contribution in [2.75, 3.05) is 13.1 Å².